The van der Waals surface area contributed by atoms with E-state index in [1.165, 1.54) is 0 Å². The SMILES string of the molecule is CC[C@@H](Oc1cc(C)cc(C)c1)C(=O)N[C@@H]1CC(C)(C)Oc2cc(C)ccc21. The molecule has 4 heteroatoms. The zero-order valence-electron chi connectivity index (χ0n) is 17.8. The third kappa shape index (κ3) is 4.67. The quantitative estimate of drug-likeness (QED) is 0.775. The normalized spacial score (nSPS) is 18.6. The number of nitrogens with one attached hydrogen (secondary N) is 1. The van der Waals surface area contributed by atoms with Crippen LogP contribution in [0.1, 0.15) is 61.9 Å². The van der Waals surface area contributed by atoms with Crippen LogP contribution in [0.4, 0.5) is 0 Å². The first-order valence-electron chi connectivity index (χ1n) is 10.0. The first-order chi connectivity index (χ1) is 13.2. The smallest absolute Gasteiger partial charge is 0.261 e. The van der Waals surface area contributed by atoms with E-state index in [2.05, 4.69) is 37.4 Å². The summed E-state index contributed by atoms with van der Waals surface area (Å²) in [4.78, 5) is 13.0. The predicted molar refractivity (Wildman–Crippen MR) is 112 cm³/mol. The van der Waals surface area contributed by atoms with Crippen molar-refractivity contribution in [3.05, 3.63) is 58.7 Å². The Hall–Kier alpha value is -2.49. The molecule has 0 aromatic heterocycles. The van der Waals surface area contributed by atoms with Crippen LogP contribution in [0.15, 0.2) is 36.4 Å². The minimum Gasteiger partial charge on any atom is -0.487 e. The number of ether oxygens (including phenoxy) is 2. The maximum absolute atomic E-state index is 13.0. The van der Waals surface area contributed by atoms with Crippen LogP contribution in [0.2, 0.25) is 0 Å². The molecular weight excluding hydrogens is 350 g/mol. The van der Waals surface area contributed by atoms with Crippen LogP contribution in [-0.2, 0) is 4.79 Å². The molecule has 0 spiro atoms. The lowest BCUT2D eigenvalue weighted by molar-refractivity contribution is -0.129. The minimum atomic E-state index is -0.527. The number of amides is 1. The van der Waals surface area contributed by atoms with Gasteiger partial charge in [0.2, 0.25) is 0 Å². The highest BCUT2D eigenvalue weighted by molar-refractivity contribution is 5.81. The van der Waals surface area contributed by atoms with E-state index in [1.54, 1.807) is 0 Å². The van der Waals surface area contributed by atoms with Gasteiger partial charge in [0, 0.05) is 12.0 Å². The number of fused-ring (bicyclic) bond motifs is 1. The fraction of sp³-hybridized carbons (Fsp3) is 0.458. The van der Waals surface area contributed by atoms with Crippen molar-refractivity contribution in [1.82, 2.24) is 5.32 Å². The predicted octanol–water partition coefficient (Wildman–Crippen LogP) is 5.19. The van der Waals surface area contributed by atoms with Crippen LogP contribution in [0.5, 0.6) is 11.5 Å². The first-order valence-corrected chi connectivity index (χ1v) is 10.0. The molecule has 3 rings (SSSR count). The standard InChI is InChI=1S/C24H31NO3/c1-7-21(27-18-11-16(3)10-17(4)12-18)23(26)25-20-14-24(5,6)28-22-13-15(2)8-9-19(20)22/h8-13,20-21H,7,14H2,1-6H3,(H,25,26)/t20-,21-/m1/s1. The van der Waals surface area contributed by atoms with E-state index in [0.717, 1.165) is 40.2 Å². The lowest BCUT2D eigenvalue weighted by Gasteiger charge is -2.38. The van der Waals surface area contributed by atoms with Crippen LogP contribution in [0.25, 0.3) is 0 Å². The molecule has 28 heavy (non-hydrogen) atoms. The lowest BCUT2D eigenvalue weighted by atomic mass is 9.89. The summed E-state index contributed by atoms with van der Waals surface area (Å²) in [5.41, 5.74) is 4.08. The van der Waals surface area contributed by atoms with Gasteiger partial charge < -0.3 is 14.8 Å². The van der Waals surface area contributed by atoms with E-state index >= 15 is 0 Å². The topological polar surface area (TPSA) is 47.6 Å². The van der Waals surface area contributed by atoms with Crippen molar-refractivity contribution in [3.8, 4) is 11.5 Å². The van der Waals surface area contributed by atoms with Crippen molar-refractivity contribution < 1.29 is 14.3 Å². The Labute approximate surface area is 168 Å². The number of rotatable bonds is 5. The van der Waals surface area contributed by atoms with E-state index in [-0.39, 0.29) is 17.6 Å². The van der Waals surface area contributed by atoms with E-state index < -0.39 is 6.10 Å². The number of aryl methyl sites for hydroxylation is 3. The van der Waals surface area contributed by atoms with Gasteiger partial charge in [0.25, 0.3) is 5.91 Å². The molecule has 1 N–H and O–H groups in total. The van der Waals surface area contributed by atoms with Crippen molar-refractivity contribution in [2.75, 3.05) is 0 Å². The second kappa shape index (κ2) is 7.86. The second-order valence-electron chi connectivity index (χ2n) is 8.51. The number of carbonyl (C=O) groups is 1. The van der Waals surface area contributed by atoms with Crippen LogP contribution >= 0.6 is 0 Å². The van der Waals surface area contributed by atoms with E-state index in [1.807, 2.05) is 45.9 Å². The summed E-state index contributed by atoms with van der Waals surface area (Å²) >= 11 is 0. The molecule has 4 nitrogen and oxygen atoms in total. The molecular formula is C24H31NO3. The summed E-state index contributed by atoms with van der Waals surface area (Å²) < 4.78 is 12.2. The molecule has 0 unspecified atom stereocenters. The van der Waals surface area contributed by atoms with Crippen molar-refractivity contribution in [1.29, 1.82) is 0 Å². The van der Waals surface area contributed by atoms with Crippen LogP contribution in [0.3, 0.4) is 0 Å². The minimum absolute atomic E-state index is 0.0871. The van der Waals surface area contributed by atoms with Gasteiger partial charge >= 0.3 is 0 Å². The molecule has 2 aromatic carbocycles. The number of benzene rings is 2. The fourth-order valence-corrected chi connectivity index (χ4v) is 3.84. The average molecular weight is 382 g/mol. The van der Waals surface area contributed by atoms with Crippen molar-refractivity contribution in [2.45, 2.75) is 72.1 Å². The largest absolute Gasteiger partial charge is 0.487 e. The Kier molecular flexibility index (Phi) is 5.69. The summed E-state index contributed by atoms with van der Waals surface area (Å²) in [5, 5.41) is 3.21. The van der Waals surface area contributed by atoms with E-state index in [4.69, 9.17) is 9.47 Å². The lowest BCUT2D eigenvalue weighted by Crippen LogP contribution is -2.45. The van der Waals surface area contributed by atoms with E-state index in [9.17, 15) is 4.79 Å². The van der Waals surface area contributed by atoms with E-state index in [0.29, 0.717) is 6.42 Å². The Morgan fingerprint density at radius 3 is 2.46 bits per heavy atom. The summed E-state index contributed by atoms with van der Waals surface area (Å²) in [6.07, 6.45) is 0.794. The molecule has 2 atom stereocenters. The highest BCUT2D eigenvalue weighted by atomic mass is 16.5. The van der Waals surface area contributed by atoms with Crippen molar-refractivity contribution >= 4 is 5.91 Å². The van der Waals surface area contributed by atoms with Gasteiger partial charge in [0.05, 0.1) is 6.04 Å². The summed E-state index contributed by atoms with van der Waals surface area (Å²) in [6, 6.07) is 12.1. The highest BCUT2D eigenvalue weighted by Crippen LogP contribution is 2.40. The second-order valence-corrected chi connectivity index (χ2v) is 8.51. The molecule has 150 valence electrons. The molecule has 0 radical (unpaired) electrons. The third-order valence-corrected chi connectivity index (χ3v) is 5.08. The van der Waals surface area contributed by atoms with Gasteiger partial charge in [-0.15, -0.1) is 0 Å². The summed E-state index contributed by atoms with van der Waals surface area (Å²) in [6.45, 7) is 12.2. The zero-order valence-corrected chi connectivity index (χ0v) is 17.8. The summed E-state index contributed by atoms with van der Waals surface area (Å²) in [5.74, 6) is 1.50. The third-order valence-electron chi connectivity index (χ3n) is 5.08. The Morgan fingerprint density at radius 1 is 1.14 bits per heavy atom. The van der Waals surface area contributed by atoms with Gasteiger partial charge in [-0.3, -0.25) is 4.79 Å². The maximum atomic E-state index is 13.0. The van der Waals surface area contributed by atoms with Crippen LogP contribution in [0, 0.1) is 20.8 Å². The number of hydrogen-bond donors (Lipinski definition) is 1. The van der Waals surface area contributed by atoms with Gasteiger partial charge in [0.1, 0.15) is 17.1 Å². The highest BCUT2D eigenvalue weighted by Gasteiger charge is 2.35. The molecule has 2 aromatic rings. The van der Waals surface area contributed by atoms with Gasteiger partial charge in [-0.25, -0.2) is 0 Å². The molecule has 1 heterocycles. The molecule has 1 amide bonds. The Balaban J connectivity index is 1.78. The molecule has 0 bridgehead atoms. The van der Waals surface area contributed by atoms with Crippen molar-refractivity contribution in [3.63, 3.8) is 0 Å². The summed E-state index contributed by atoms with van der Waals surface area (Å²) in [7, 11) is 0. The Morgan fingerprint density at radius 2 is 1.82 bits per heavy atom. The molecule has 0 aliphatic carbocycles. The molecule has 0 saturated carbocycles. The van der Waals surface area contributed by atoms with Gasteiger partial charge in [-0.2, -0.15) is 0 Å². The first kappa shape index (κ1) is 20.2. The van der Waals surface area contributed by atoms with Crippen LogP contribution < -0.4 is 14.8 Å². The van der Waals surface area contributed by atoms with Crippen LogP contribution in [-0.4, -0.2) is 17.6 Å². The molecule has 1 aliphatic rings. The number of hydrogen-bond acceptors (Lipinski definition) is 3. The average Bonchev–Trinajstić information content (AvgIpc) is 2.57. The molecule has 0 saturated heterocycles. The van der Waals surface area contributed by atoms with Gasteiger partial charge in [0.15, 0.2) is 6.10 Å². The fourth-order valence-electron chi connectivity index (χ4n) is 3.84. The molecule has 0 fully saturated rings. The zero-order chi connectivity index (χ0) is 20.5. The van der Waals surface area contributed by atoms with Gasteiger partial charge in [-0.1, -0.05) is 25.1 Å². The van der Waals surface area contributed by atoms with Crippen molar-refractivity contribution in [2.24, 2.45) is 0 Å². The number of carbonyl (C=O) groups excluding carboxylic acids is 1. The maximum Gasteiger partial charge on any atom is 0.261 e. The Bertz CT molecular complexity index is 852. The monoisotopic (exact) mass is 381 g/mol. The van der Waals surface area contributed by atoms with Gasteiger partial charge in [-0.05, 0) is 75.9 Å². The molecule has 1 aliphatic heterocycles.